The molecule has 25 heavy (non-hydrogen) atoms. The van der Waals surface area contributed by atoms with Crippen LogP contribution in [0.2, 0.25) is 0 Å². The van der Waals surface area contributed by atoms with E-state index in [1.54, 1.807) is 24.3 Å². The monoisotopic (exact) mass is 346 g/mol. The molecule has 2 amide bonds. The highest BCUT2D eigenvalue weighted by molar-refractivity contribution is 5.89. The fraction of sp³-hybridized carbons (Fsp3) is 0.375. The number of carbonyl (C=O) groups is 2. The minimum Gasteiger partial charge on any atom is -0.485 e. The Balaban J connectivity index is 1.43. The number of nitrogens with one attached hydrogen (secondary N) is 2. The van der Waals surface area contributed by atoms with E-state index in [0.29, 0.717) is 29.1 Å². The Bertz CT molecular complexity index is 739. The van der Waals surface area contributed by atoms with Crippen LogP contribution in [0.25, 0.3) is 0 Å². The van der Waals surface area contributed by atoms with E-state index in [9.17, 15) is 9.59 Å². The maximum atomic E-state index is 11.6. The number of ether oxygens (including phenoxy) is 1. The SMILES string of the molecule is O=C(O)CCNC(=O)Nc1ccc(OCc2noc(C3CC3)n2)cc1. The van der Waals surface area contributed by atoms with Crippen molar-refractivity contribution in [2.75, 3.05) is 11.9 Å². The highest BCUT2D eigenvalue weighted by Crippen LogP contribution is 2.38. The van der Waals surface area contributed by atoms with Gasteiger partial charge >= 0.3 is 12.0 Å². The van der Waals surface area contributed by atoms with Gasteiger partial charge in [-0.2, -0.15) is 4.98 Å². The summed E-state index contributed by atoms with van der Waals surface area (Å²) in [6, 6.07) is 6.30. The second-order valence-corrected chi connectivity index (χ2v) is 5.66. The molecule has 2 aromatic rings. The van der Waals surface area contributed by atoms with Crippen molar-refractivity contribution in [3.8, 4) is 5.75 Å². The van der Waals surface area contributed by atoms with Crippen LogP contribution >= 0.6 is 0 Å². The molecule has 9 heteroatoms. The smallest absolute Gasteiger partial charge is 0.319 e. The second kappa shape index (κ2) is 7.65. The number of nitrogens with zero attached hydrogens (tertiary/aromatic N) is 2. The molecule has 9 nitrogen and oxygen atoms in total. The Morgan fingerprint density at radius 2 is 2.04 bits per heavy atom. The van der Waals surface area contributed by atoms with Gasteiger partial charge in [-0.1, -0.05) is 5.16 Å². The van der Waals surface area contributed by atoms with Gasteiger partial charge in [0.15, 0.2) is 6.61 Å². The zero-order valence-electron chi connectivity index (χ0n) is 13.4. The van der Waals surface area contributed by atoms with Crippen LogP contribution in [-0.2, 0) is 11.4 Å². The minimum atomic E-state index is -0.965. The number of hydrogen-bond acceptors (Lipinski definition) is 6. The van der Waals surface area contributed by atoms with E-state index in [1.807, 2.05) is 0 Å². The molecular weight excluding hydrogens is 328 g/mol. The number of aliphatic carboxylic acids is 1. The number of rotatable bonds is 8. The molecule has 0 unspecified atom stereocenters. The van der Waals surface area contributed by atoms with E-state index < -0.39 is 12.0 Å². The van der Waals surface area contributed by atoms with Crippen molar-refractivity contribution in [1.82, 2.24) is 15.5 Å². The Hall–Kier alpha value is -3.10. The second-order valence-electron chi connectivity index (χ2n) is 5.66. The van der Waals surface area contributed by atoms with Gasteiger partial charge in [-0.25, -0.2) is 4.79 Å². The standard InChI is InChI=1S/C16H18N4O5/c21-14(22)7-8-17-16(23)18-11-3-5-12(6-4-11)24-9-13-19-15(25-20-13)10-1-2-10/h3-6,10H,1-2,7-9H2,(H,21,22)(H2,17,18,23). The molecule has 3 rings (SSSR count). The first-order valence-corrected chi connectivity index (χ1v) is 7.92. The van der Waals surface area contributed by atoms with E-state index in [0.717, 1.165) is 12.8 Å². The summed E-state index contributed by atoms with van der Waals surface area (Å²) < 4.78 is 10.7. The maximum absolute atomic E-state index is 11.6. The first kappa shape index (κ1) is 16.7. The predicted molar refractivity (Wildman–Crippen MR) is 86.3 cm³/mol. The Kier molecular flexibility index (Phi) is 5.12. The molecule has 3 N–H and O–H groups in total. The summed E-state index contributed by atoms with van der Waals surface area (Å²) in [4.78, 5) is 26.2. The van der Waals surface area contributed by atoms with Crippen LogP contribution in [0, 0.1) is 0 Å². The lowest BCUT2D eigenvalue weighted by Crippen LogP contribution is -2.30. The summed E-state index contributed by atoms with van der Waals surface area (Å²) in [5, 5.41) is 17.4. The van der Waals surface area contributed by atoms with Gasteiger partial charge in [0, 0.05) is 18.2 Å². The Morgan fingerprint density at radius 1 is 1.28 bits per heavy atom. The lowest BCUT2D eigenvalue weighted by atomic mass is 10.3. The molecular formula is C16H18N4O5. The third-order valence-electron chi connectivity index (χ3n) is 3.51. The zero-order chi connectivity index (χ0) is 17.6. The highest BCUT2D eigenvalue weighted by atomic mass is 16.5. The molecule has 1 aliphatic carbocycles. The van der Waals surface area contributed by atoms with Gasteiger partial charge in [-0.05, 0) is 37.1 Å². The van der Waals surface area contributed by atoms with E-state index in [1.165, 1.54) is 0 Å². The van der Waals surface area contributed by atoms with E-state index in [4.69, 9.17) is 14.4 Å². The average Bonchev–Trinajstić information content (AvgIpc) is 3.32. The van der Waals surface area contributed by atoms with Crippen molar-refractivity contribution in [2.45, 2.75) is 31.8 Å². The van der Waals surface area contributed by atoms with Crippen LogP contribution in [0.5, 0.6) is 5.75 Å². The van der Waals surface area contributed by atoms with Crippen molar-refractivity contribution in [2.24, 2.45) is 0 Å². The van der Waals surface area contributed by atoms with Crippen LogP contribution in [0.4, 0.5) is 10.5 Å². The Morgan fingerprint density at radius 3 is 2.72 bits per heavy atom. The molecule has 1 fully saturated rings. The van der Waals surface area contributed by atoms with Crippen LogP contribution in [0.3, 0.4) is 0 Å². The lowest BCUT2D eigenvalue weighted by Gasteiger charge is -2.08. The number of carboxylic acids is 1. The van der Waals surface area contributed by atoms with Gasteiger partial charge < -0.3 is 25.0 Å². The molecule has 1 saturated carbocycles. The number of aromatic nitrogens is 2. The highest BCUT2D eigenvalue weighted by Gasteiger charge is 2.29. The zero-order valence-corrected chi connectivity index (χ0v) is 13.4. The Labute approximate surface area is 143 Å². The molecule has 0 saturated heterocycles. The minimum absolute atomic E-state index is 0.0654. The van der Waals surface area contributed by atoms with Crippen LogP contribution in [0.1, 0.15) is 36.9 Å². The molecule has 0 bridgehead atoms. The molecule has 0 spiro atoms. The topological polar surface area (TPSA) is 127 Å². The van der Waals surface area contributed by atoms with E-state index in [2.05, 4.69) is 20.8 Å². The number of carbonyl (C=O) groups excluding carboxylic acids is 1. The summed E-state index contributed by atoms with van der Waals surface area (Å²) in [5.74, 6) is 1.23. The van der Waals surface area contributed by atoms with Crippen molar-refractivity contribution in [1.29, 1.82) is 0 Å². The van der Waals surface area contributed by atoms with Crippen LogP contribution < -0.4 is 15.4 Å². The van der Waals surface area contributed by atoms with Gasteiger partial charge in [0.05, 0.1) is 6.42 Å². The number of hydrogen-bond donors (Lipinski definition) is 3. The quantitative estimate of drug-likeness (QED) is 0.668. The average molecular weight is 346 g/mol. The van der Waals surface area contributed by atoms with Gasteiger partial charge in [0.2, 0.25) is 11.7 Å². The molecule has 1 heterocycles. The molecule has 0 radical (unpaired) electrons. The van der Waals surface area contributed by atoms with Crippen LogP contribution in [0.15, 0.2) is 28.8 Å². The largest absolute Gasteiger partial charge is 0.485 e. The molecule has 1 aromatic heterocycles. The lowest BCUT2D eigenvalue weighted by molar-refractivity contribution is -0.136. The van der Waals surface area contributed by atoms with Gasteiger partial charge in [0.1, 0.15) is 5.75 Å². The van der Waals surface area contributed by atoms with Crippen molar-refractivity contribution in [3.63, 3.8) is 0 Å². The maximum Gasteiger partial charge on any atom is 0.319 e. The summed E-state index contributed by atoms with van der Waals surface area (Å²) >= 11 is 0. The van der Waals surface area contributed by atoms with Crippen molar-refractivity contribution >= 4 is 17.7 Å². The van der Waals surface area contributed by atoms with Crippen molar-refractivity contribution < 1.29 is 24.0 Å². The normalized spacial score (nSPS) is 13.3. The molecule has 132 valence electrons. The number of carboxylic acid groups (broad SMARTS) is 1. The number of benzene rings is 1. The molecule has 0 aliphatic heterocycles. The van der Waals surface area contributed by atoms with Crippen LogP contribution in [-0.4, -0.2) is 33.8 Å². The third kappa shape index (κ3) is 5.20. The van der Waals surface area contributed by atoms with Crippen molar-refractivity contribution in [3.05, 3.63) is 36.0 Å². The number of amides is 2. The third-order valence-corrected chi connectivity index (χ3v) is 3.51. The predicted octanol–water partition coefficient (Wildman–Crippen LogP) is 2.12. The van der Waals surface area contributed by atoms with E-state index >= 15 is 0 Å². The fourth-order valence-electron chi connectivity index (χ4n) is 2.06. The fourth-order valence-corrected chi connectivity index (χ4v) is 2.06. The summed E-state index contributed by atoms with van der Waals surface area (Å²) in [6.07, 6.45) is 2.07. The van der Waals surface area contributed by atoms with Gasteiger partial charge in [0.25, 0.3) is 0 Å². The summed E-state index contributed by atoms with van der Waals surface area (Å²) in [5.41, 5.74) is 0.566. The first-order chi connectivity index (χ1) is 12.1. The number of urea groups is 1. The summed E-state index contributed by atoms with van der Waals surface area (Å²) in [7, 11) is 0. The summed E-state index contributed by atoms with van der Waals surface area (Å²) in [6.45, 7) is 0.272. The molecule has 1 aliphatic rings. The molecule has 0 atom stereocenters. The number of anilines is 1. The van der Waals surface area contributed by atoms with Gasteiger partial charge in [-0.15, -0.1) is 0 Å². The van der Waals surface area contributed by atoms with Gasteiger partial charge in [-0.3, -0.25) is 4.79 Å². The molecule has 1 aromatic carbocycles. The van der Waals surface area contributed by atoms with E-state index in [-0.39, 0.29) is 19.6 Å². The first-order valence-electron chi connectivity index (χ1n) is 7.92.